The number of ether oxygens (including phenoxy) is 1. The molecule has 0 aliphatic heterocycles. The molecule has 92 valence electrons. The Morgan fingerprint density at radius 1 is 1.38 bits per heavy atom. The van der Waals surface area contributed by atoms with Gasteiger partial charge in [0.15, 0.2) is 6.04 Å². The molecule has 0 radical (unpaired) electrons. The molecule has 2 unspecified atom stereocenters. The highest BCUT2D eigenvalue weighted by Crippen LogP contribution is 2.02. The van der Waals surface area contributed by atoms with E-state index < -0.39 is 18.1 Å². The minimum atomic E-state index is -0.989. The van der Waals surface area contributed by atoms with Crippen LogP contribution in [0.25, 0.3) is 0 Å². The van der Waals surface area contributed by atoms with E-state index in [0.29, 0.717) is 12.8 Å². The van der Waals surface area contributed by atoms with E-state index >= 15 is 0 Å². The summed E-state index contributed by atoms with van der Waals surface area (Å²) in [7, 11) is 0. The second kappa shape index (κ2) is 7.78. The molecule has 0 aliphatic carbocycles. The predicted octanol–water partition coefficient (Wildman–Crippen LogP) is 0.989. The van der Waals surface area contributed by atoms with Gasteiger partial charge < -0.3 is 10.1 Å². The van der Waals surface area contributed by atoms with E-state index in [0.717, 1.165) is 0 Å². The third kappa shape index (κ3) is 4.86. The number of hydrogen-bond acceptors (Lipinski definition) is 5. The highest BCUT2D eigenvalue weighted by Gasteiger charge is 2.28. The minimum Gasteiger partial charge on any atom is -0.464 e. The number of carbonyl (C=O) groups is 2. The number of esters is 1. The summed E-state index contributed by atoms with van der Waals surface area (Å²) in [6, 6.07) is -1.82. The number of carbonyl (C=O) groups excluding carboxylic acids is 2. The van der Waals surface area contributed by atoms with Crippen molar-refractivity contribution in [3.8, 4) is 0 Å². The fraction of sp³-hybridized carbons (Fsp3) is 0.800. The number of nitrogens with one attached hydrogen (secondary N) is 1. The van der Waals surface area contributed by atoms with Gasteiger partial charge in [0.05, 0.1) is 6.61 Å². The van der Waals surface area contributed by atoms with Gasteiger partial charge in [0.1, 0.15) is 6.04 Å². The molecule has 0 aliphatic rings. The first kappa shape index (κ1) is 14.5. The highest BCUT2D eigenvalue weighted by atomic mass is 16.5. The zero-order chi connectivity index (χ0) is 12.6. The molecule has 6 heteroatoms. The summed E-state index contributed by atoms with van der Waals surface area (Å²) in [6.45, 7) is 5.16. The van der Waals surface area contributed by atoms with Gasteiger partial charge in [-0.2, -0.15) is 4.91 Å². The summed E-state index contributed by atoms with van der Waals surface area (Å²) in [6.07, 6.45) is 0.978. The molecular formula is C10H18N2O4. The van der Waals surface area contributed by atoms with E-state index in [-0.39, 0.29) is 12.5 Å². The molecular weight excluding hydrogens is 212 g/mol. The van der Waals surface area contributed by atoms with Crippen molar-refractivity contribution >= 4 is 11.9 Å². The number of nitroso groups, excluding NO2 is 1. The Labute approximate surface area is 94.7 Å². The fourth-order valence-electron chi connectivity index (χ4n) is 1.14. The standard InChI is InChI=1S/C10H18N2O4/c1-4-6-8(13)11-9(7(3)12-15)10(14)16-5-2/h7,9H,4-6H2,1-3H3,(H,11,13). The lowest BCUT2D eigenvalue weighted by Crippen LogP contribution is -2.47. The Morgan fingerprint density at radius 3 is 2.44 bits per heavy atom. The zero-order valence-electron chi connectivity index (χ0n) is 9.86. The van der Waals surface area contributed by atoms with Crippen molar-refractivity contribution < 1.29 is 14.3 Å². The van der Waals surface area contributed by atoms with Crippen LogP contribution in [0.5, 0.6) is 0 Å². The molecule has 0 heterocycles. The first-order chi connectivity index (χ1) is 7.56. The maximum atomic E-state index is 11.4. The van der Waals surface area contributed by atoms with E-state index in [2.05, 4.69) is 10.5 Å². The van der Waals surface area contributed by atoms with Crippen molar-refractivity contribution in [3.05, 3.63) is 4.91 Å². The van der Waals surface area contributed by atoms with Gasteiger partial charge in [0.25, 0.3) is 0 Å². The number of rotatable bonds is 7. The molecule has 0 rings (SSSR count). The number of nitrogens with zero attached hydrogens (tertiary/aromatic N) is 1. The summed E-state index contributed by atoms with van der Waals surface area (Å²) >= 11 is 0. The second-order valence-corrected chi connectivity index (χ2v) is 3.39. The minimum absolute atomic E-state index is 0.199. The van der Waals surface area contributed by atoms with E-state index in [1.54, 1.807) is 6.92 Å². The molecule has 0 aromatic rings. The van der Waals surface area contributed by atoms with Crippen LogP contribution in [0, 0.1) is 4.91 Å². The summed E-state index contributed by atoms with van der Waals surface area (Å²) in [5.74, 6) is -0.907. The molecule has 0 aromatic carbocycles. The Hall–Kier alpha value is -1.46. The van der Waals surface area contributed by atoms with Crippen LogP contribution >= 0.6 is 0 Å². The highest BCUT2D eigenvalue weighted by molar-refractivity contribution is 5.85. The summed E-state index contributed by atoms with van der Waals surface area (Å²) < 4.78 is 4.75. The van der Waals surface area contributed by atoms with Gasteiger partial charge >= 0.3 is 5.97 Å². The SMILES string of the molecule is CCCC(=O)NC(C(=O)OCC)C(C)N=O. The molecule has 0 fully saturated rings. The molecule has 16 heavy (non-hydrogen) atoms. The molecule has 0 saturated heterocycles. The Morgan fingerprint density at radius 2 is 2.00 bits per heavy atom. The van der Waals surface area contributed by atoms with Crippen molar-refractivity contribution in [1.82, 2.24) is 5.32 Å². The average molecular weight is 230 g/mol. The van der Waals surface area contributed by atoms with Crippen molar-refractivity contribution in [1.29, 1.82) is 0 Å². The molecule has 1 amide bonds. The maximum absolute atomic E-state index is 11.4. The molecule has 1 N–H and O–H groups in total. The van der Waals surface area contributed by atoms with E-state index in [4.69, 9.17) is 4.74 Å². The van der Waals surface area contributed by atoms with Gasteiger partial charge in [-0.3, -0.25) is 4.79 Å². The Balaban J connectivity index is 4.48. The molecule has 6 nitrogen and oxygen atoms in total. The van der Waals surface area contributed by atoms with Gasteiger partial charge in [-0.25, -0.2) is 4.79 Å². The van der Waals surface area contributed by atoms with Crippen LogP contribution in [-0.2, 0) is 14.3 Å². The molecule has 0 bridgehead atoms. The summed E-state index contributed by atoms with van der Waals surface area (Å²) in [5, 5.41) is 5.19. The van der Waals surface area contributed by atoms with Crippen LogP contribution in [0.15, 0.2) is 5.18 Å². The molecule has 0 spiro atoms. The lowest BCUT2D eigenvalue weighted by molar-refractivity contribution is -0.147. The van der Waals surface area contributed by atoms with E-state index in [1.807, 2.05) is 6.92 Å². The van der Waals surface area contributed by atoms with Gasteiger partial charge in [0.2, 0.25) is 5.91 Å². The lowest BCUT2D eigenvalue weighted by Gasteiger charge is -2.18. The van der Waals surface area contributed by atoms with E-state index in [1.165, 1.54) is 6.92 Å². The van der Waals surface area contributed by atoms with Crippen LogP contribution in [0.3, 0.4) is 0 Å². The van der Waals surface area contributed by atoms with Crippen LogP contribution < -0.4 is 5.32 Å². The lowest BCUT2D eigenvalue weighted by atomic mass is 10.1. The van der Waals surface area contributed by atoms with Gasteiger partial charge in [-0.15, -0.1) is 0 Å². The van der Waals surface area contributed by atoms with E-state index in [9.17, 15) is 14.5 Å². The van der Waals surface area contributed by atoms with Crippen LogP contribution in [0.4, 0.5) is 0 Å². The second-order valence-electron chi connectivity index (χ2n) is 3.39. The fourth-order valence-corrected chi connectivity index (χ4v) is 1.14. The average Bonchev–Trinajstić information content (AvgIpc) is 2.25. The predicted molar refractivity (Wildman–Crippen MR) is 58.7 cm³/mol. The Kier molecular flexibility index (Phi) is 7.07. The van der Waals surface area contributed by atoms with Crippen LogP contribution in [0.2, 0.25) is 0 Å². The van der Waals surface area contributed by atoms with Gasteiger partial charge in [-0.05, 0) is 20.3 Å². The summed E-state index contributed by atoms with van der Waals surface area (Å²) in [5.41, 5.74) is 0. The zero-order valence-corrected chi connectivity index (χ0v) is 9.86. The third-order valence-electron chi connectivity index (χ3n) is 1.98. The van der Waals surface area contributed by atoms with Crippen molar-refractivity contribution in [2.45, 2.75) is 45.7 Å². The third-order valence-corrected chi connectivity index (χ3v) is 1.98. The van der Waals surface area contributed by atoms with Crippen molar-refractivity contribution in [3.63, 3.8) is 0 Å². The van der Waals surface area contributed by atoms with Crippen molar-refractivity contribution in [2.24, 2.45) is 5.18 Å². The Bertz CT molecular complexity index is 255. The van der Waals surface area contributed by atoms with Crippen LogP contribution in [-0.4, -0.2) is 30.6 Å². The first-order valence-electron chi connectivity index (χ1n) is 5.35. The normalized spacial score (nSPS) is 13.7. The number of hydrogen-bond donors (Lipinski definition) is 1. The monoisotopic (exact) mass is 230 g/mol. The smallest absolute Gasteiger partial charge is 0.331 e. The molecule has 2 atom stereocenters. The quantitative estimate of drug-likeness (QED) is 0.522. The topological polar surface area (TPSA) is 84.8 Å². The number of amides is 1. The first-order valence-corrected chi connectivity index (χ1v) is 5.35. The van der Waals surface area contributed by atoms with Gasteiger partial charge in [-0.1, -0.05) is 12.1 Å². The largest absolute Gasteiger partial charge is 0.464 e. The molecule has 0 aromatic heterocycles. The van der Waals surface area contributed by atoms with Crippen molar-refractivity contribution in [2.75, 3.05) is 6.61 Å². The maximum Gasteiger partial charge on any atom is 0.331 e. The molecule has 0 saturated carbocycles. The summed E-state index contributed by atoms with van der Waals surface area (Å²) in [4.78, 5) is 33.2. The van der Waals surface area contributed by atoms with Gasteiger partial charge in [0, 0.05) is 6.42 Å². The van der Waals surface area contributed by atoms with Crippen LogP contribution in [0.1, 0.15) is 33.6 Å².